The molecule has 0 aliphatic carbocycles. The minimum atomic E-state index is -0.437. The van der Waals surface area contributed by atoms with E-state index < -0.39 is 5.56 Å². The van der Waals surface area contributed by atoms with Gasteiger partial charge in [0.15, 0.2) is 5.78 Å². The van der Waals surface area contributed by atoms with Crippen LogP contribution in [-0.2, 0) is 0 Å². The number of nitrogens with one attached hydrogen (secondary N) is 1. The van der Waals surface area contributed by atoms with Gasteiger partial charge in [0, 0.05) is 26.4 Å². The van der Waals surface area contributed by atoms with Crippen LogP contribution in [-0.4, -0.2) is 10.8 Å². The van der Waals surface area contributed by atoms with E-state index in [1.807, 2.05) is 36.4 Å². The van der Waals surface area contributed by atoms with Gasteiger partial charge >= 0.3 is 0 Å². The lowest BCUT2D eigenvalue weighted by Crippen LogP contribution is -2.18. The second-order valence-electron chi connectivity index (χ2n) is 6.10. The molecule has 1 N–H and O–H groups in total. The zero-order chi connectivity index (χ0) is 19.7. The van der Waals surface area contributed by atoms with Crippen LogP contribution in [0.25, 0.3) is 28.1 Å². The minimum Gasteiger partial charge on any atom is -0.321 e. The van der Waals surface area contributed by atoms with Crippen molar-refractivity contribution in [1.82, 2.24) is 4.98 Å². The van der Waals surface area contributed by atoms with E-state index in [1.165, 1.54) is 17.4 Å². The summed E-state index contributed by atoms with van der Waals surface area (Å²) in [5.74, 6) is -0.383. The van der Waals surface area contributed by atoms with Crippen molar-refractivity contribution in [3.8, 4) is 11.1 Å². The number of benzene rings is 2. The molecule has 0 saturated heterocycles. The molecular formula is C22H13Cl2NO2S. The number of hydrogen-bond donors (Lipinski definition) is 1. The Morgan fingerprint density at radius 2 is 1.79 bits per heavy atom. The van der Waals surface area contributed by atoms with E-state index in [9.17, 15) is 9.59 Å². The van der Waals surface area contributed by atoms with Gasteiger partial charge in [-0.3, -0.25) is 9.59 Å². The van der Waals surface area contributed by atoms with Gasteiger partial charge in [-0.1, -0.05) is 53.5 Å². The highest BCUT2D eigenvalue weighted by molar-refractivity contribution is 7.17. The zero-order valence-corrected chi connectivity index (χ0v) is 16.7. The van der Waals surface area contributed by atoms with Gasteiger partial charge in [0.05, 0.1) is 9.90 Å². The van der Waals surface area contributed by atoms with Gasteiger partial charge in [-0.15, -0.1) is 11.3 Å². The smallest absolute Gasteiger partial charge is 0.260 e. The number of aromatic amines is 1. The summed E-state index contributed by atoms with van der Waals surface area (Å²) in [4.78, 5) is 29.4. The number of rotatable bonds is 4. The maximum absolute atomic E-state index is 13.0. The van der Waals surface area contributed by atoms with Crippen LogP contribution in [0, 0.1) is 0 Å². The first-order valence-electron chi connectivity index (χ1n) is 8.41. The third-order valence-electron chi connectivity index (χ3n) is 4.28. The van der Waals surface area contributed by atoms with Crippen molar-refractivity contribution < 1.29 is 4.79 Å². The molecule has 4 aromatic rings. The number of ketones is 1. The fraction of sp³-hybridized carbons (Fsp3) is 0. The molecule has 0 aliphatic heterocycles. The van der Waals surface area contributed by atoms with E-state index >= 15 is 0 Å². The second-order valence-corrected chi connectivity index (χ2v) is 8.28. The van der Waals surface area contributed by atoms with Crippen molar-refractivity contribution in [3.63, 3.8) is 0 Å². The van der Waals surface area contributed by atoms with Crippen molar-refractivity contribution in [3.05, 3.63) is 96.9 Å². The van der Waals surface area contributed by atoms with Gasteiger partial charge in [0.2, 0.25) is 0 Å². The predicted octanol–water partition coefficient (Wildman–Crippen LogP) is 6.46. The van der Waals surface area contributed by atoms with Crippen LogP contribution in [0.15, 0.2) is 71.5 Å². The second kappa shape index (κ2) is 7.76. The fourth-order valence-electron chi connectivity index (χ4n) is 3.06. The summed E-state index contributed by atoms with van der Waals surface area (Å²) in [6.45, 7) is 0. The standard InChI is InChI=1S/C22H13Cl2NO2S/c23-14-6-9-17-16(12-14)20(13-4-2-1-3-5-13)21(22(27)25-17)18(26)10-7-15-8-11-19(24)28-15/h1-12H,(H,25,27)/b10-7+. The van der Waals surface area contributed by atoms with Crippen molar-refractivity contribution >= 4 is 57.3 Å². The lowest BCUT2D eigenvalue weighted by Gasteiger charge is -2.11. The molecule has 0 bridgehead atoms. The quantitative estimate of drug-likeness (QED) is 0.301. The molecule has 4 rings (SSSR count). The number of carbonyl (C=O) groups excluding carboxylic acids is 1. The zero-order valence-electron chi connectivity index (χ0n) is 14.4. The highest BCUT2D eigenvalue weighted by atomic mass is 35.5. The number of pyridine rings is 1. The van der Waals surface area contributed by atoms with E-state index in [-0.39, 0.29) is 11.3 Å². The Morgan fingerprint density at radius 3 is 2.50 bits per heavy atom. The van der Waals surface area contributed by atoms with Crippen LogP contribution in [0.3, 0.4) is 0 Å². The number of H-pyrrole nitrogens is 1. The van der Waals surface area contributed by atoms with Gasteiger partial charge in [-0.25, -0.2) is 0 Å². The third kappa shape index (κ3) is 3.67. The van der Waals surface area contributed by atoms with Crippen LogP contribution >= 0.6 is 34.5 Å². The van der Waals surface area contributed by atoms with E-state index in [1.54, 1.807) is 30.3 Å². The Bertz CT molecular complexity index is 1270. The van der Waals surface area contributed by atoms with Gasteiger partial charge in [-0.05, 0) is 48.0 Å². The van der Waals surface area contributed by atoms with Crippen LogP contribution in [0.5, 0.6) is 0 Å². The summed E-state index contributed by atoms with van der Waals surface area (Å²) in [5.41, 5.74) is 1.61. The van der Waals surface area contributed by atoms with E-state index in [0.29, 0.717) is 25.8 Å². The van der Waals surface area contributed by atoms with Gasteiger partial charge in [-0.2, -0.15) is 0 Å². The fourth-order valence-corrected chi connectivity index (χ4v) is 4.20. The number of halogens is 2. The summed E-state index contributed by atoms with van der Waals surface area (Å²) in [6, 6.07) is 18.1. The lowest BCUT2D eigenvalue weighted by molar-refractivity contribution is 0.104. The normalized spacial score (nSPS) is 11.4. The molecule has 0 aliphatic rings. The maximum atomic E-state index is 13.0. The molecule has 2 heterocycles. The van der Waals surface area contributed by atoms with Crippen LogP contribution in [0.2, 0.25) is 9.36 Å². The Morgan fingerprint density at radius 1 is 1.00 bits per heavy atom. The molecule has 2 aromatic heterocycles. The Balaban J connectivity index is 1.94. The summed E-state index contributed by atoms with van der Waals surface area (Å²) in [7, 11) is 0. The van der Waals surface area contributed by atoms with Gasteiger partial charge in [0.25, 0.3) is 5.56 Å². The van der Waals surface area contributed by atoms with Crippen molar-refractivity contribution in [1.29, 1.82) is 0 Å². The topological polar surface area (TPSA) is 49.9 Å². The third-order valence-corrected chi connectivity index (χ3v) is 5.71. The average Bonchev–Trinajstić information content (AvgIpc) is 3.11. The predicted molar refractivity (Wildman–Crippen MR) is 118 cm³/mol. The molecule has 0 fully saturated rings. The highest BCUT2D eigenvalue weighted by Gasteiger charge is 2.19. The SMILES string of the molecule is O=C(/C=C/c1ccc(Cl)s1)c1c(-c2ccccc2)c2cc(Cl)ccc2[nH]c1=O. The Kier molecular flexibility index (Phi) is 5.18. The van der Waals surface area contributed by atoms with Crippen LogP contribution < -0.4 is 5.56 Å². The lowest BCUT2D eigenvalue weighted by atomic mass is 9.94. The monoisotopic (exact) mass is 425 g/mol. The van der Waals surface area contributed by atoms with Gasteiger partial charge < -0.3 is 4.98 Å². The van der Waals surface area contributed by atoms with Crippen molar-refractivity contribution in [2.45, 2.75) is 0 Å². The molecule has 6 heteroatoms. The molecule has 0 atom stereocenters. The van der Waals surface area contributed by atoms with Crippen molar-refractivity contribution in [2.75, 3.05) is 0 Å². The van der Waals surface area contributed by atoms with E-state index in [2.05, 4.69) is 4.98 Å². The average molecular weight is 426 g/mol. The Hall–Kier alpha value is -2.66. The number of thiophene rings is 1. The molecule has 0 unspecified atom stereocenters. The number of hydrogen-bond acceptors (Lipinski definition) is 3. The largest absolute Gasteiger partial charge is 0.321 e. The van der Waals surface area contributed by atoms with E-state index in [4.69, 9.17) is 23.2 Å². The maximum Gasteiger partial charge on any atom is 0.260 e. The first kappa shape index (κ1) is 18.7. The molecule has 3 nitrogen and oxygen atoms in total. The number of carbonyl (C=O) groups is 1. The molecule has 0 spiro atoms. The van der Waals surface area contributed by atoms with Crippen molar-refractivity contribution in [2.24, 2.45) is 0 Å². The molecule has 28 heavy (non-hydrogen) atoms. The van der Waals surface area contributed by atoms with Crippen LogP contribution in [0.4, 0.5) is 0 Å². The Labute approximate surface area is 174 Å². The first-order valence-corrected chi connectivity index (χ1v) is 9.99. The molecule has 2 aromatic carbocycles. The number of allylic oxidation sites excluding steroid dienone is 1. The molecule has 0 amide bonds. The summed E-state index contributed by atoms with van der Waals surface area (Å²) >= 11 is 13.5. The first-order chi connectivity index (χ1) is 13.5. The van der Waals surface area contributed by atoms with Gasteiger partial charge in [0.1, 0.15) is 0 Å². The molecule has 0 radical (unpaired) electrons. The van der Waals surface area contributed by atoms with Crippen LogP contribution in [0.1, 0.15) is 15.2 Å². The van der Waals surface area contributed by atoms with E-state index in [0.717, 1.165) is 10.4 Å². The molecular weight excluding hydrogens is 413 g/mol. The highest BCUT2D eigenvalue weighted by Crippen LogP contribution is 2.32. The summed E-state index contributed by atoms with van der Waals surface area (Å²) < 4.78 is 0.635. The summed E-state index contributed by atoms with van der Waals surface area (Å²) in [5, 5.41) is 1.24. The number of fused-ring (bicyclic) bond motifs is 1. The molecule has 138 valence electrons. The summed E-state index contributed by atoms with van der Waals surface area (Å²) in [6.07, 6.45) is 3.06. The molecule has 0 saturated carbocycles. The minimum absolute atomic E-state index is 0.0832. The number of aromatic nitrogens is 1.